The maximum absolute atomic E-state index is 5.51. The molecule has 3 heteroatoms. The van der Waals surface area contributed by atoms with Crippen LogP contribution in [0.4, 0.5) is 0 Å². The first-order valence-corrected chi connectivity index (χ1v) is 7.26. The first-order valence-electron chi connectivity index (χ1n) is 7.26. The van der Waals surface area contributed by atoms with Crippen molar-refractivity contribution in [2.45, 2.75) is 47.5 Å². The lowest BCUT2D eigenvalue weighted by Crippen LogP contribution is -2.22. The average molecular weight is 246 g/mol. The van der Waals surface area contributed by atoms with Gasteiger partial charge in [-0.15, -0.1) is 0 Å². The predicted molar refractivity (Wildman–Crippen MR) is 77.7 cm³/mol. The van der Waals surface area contributed by atoms with Crippen LogP contribution in [0.5, 0.6) is 0 Å². The maximum atomic E-state index is 5.51. The molecule has 0 aliphatic heterocycles. The SMILES string of the molecule is CC.CCNCCCOCCCNCC(C)C. The smallest absolute Gasteiger partial charge is 0.0478 e. The molecule has 0 amide bonds. The van der Waals surface area contributed by atoms with E-state index in [1.807, 2.05) is 13.8 Å². The quantitative estimate of drug-likeness (QED) is 0.550. The van der Waals surface area contributed by atoms with Crippen molar-refractivity contribution >= 4 is 0 Å². The summed E-state index contributed by atoms with van der Waals surface area (Å²) >= 11 is 0. The normalized spacial score (nSPS) is 10.2. The van der Waals surface area contributed by atoms with E-state index in [0.717, 1.165) is 58.2 Å². The molecular weight excluding hydrogens is 212 g/mol. The summed E-state index contributed by atoms with van der Waals surface area (Å²) in [5.41, 5.74) is 0. The van der Waals surface area contributed by atoms with Crippen molar-refractivity contribution in [3.8, 4) is 0 Å². The van der Waals surface area contributed by atoms with Gasteiger partial charge in [0.2, 0.25) is 0 Å². The molecule has 3 nitrogen and oxygen atoms in total. The van der Waals surface area contributed by atoms with Crippen LogP contribution in [0, 0.1) is 5.92 Å². The molecule has 0 heterocycles. The van der Waals surface area contributed by atoms with Crippen molar-refractivity contribution in [2.24, 2.45) is 5.92 Å². The van der Waals surface area contributed by atoms with Gasteiger partial charge in [-0.05, 0) is 44.9 Å². The van der Waals surface area contributed by atoms with E-state index in [1.165, 1.54) is 0 Å². The van der Waals surface area contributed by atoms with Crippen LogP contribution in [0.25, 0.3) is 0 Å². The second kappa shape index (κ2) is 18.3. The molecule has 0 aliphatic rings. The van der Waals surface area contributed by atoms with Crippen molar-refractivity contribution in [3.05, 3.63) is 0 Å². The third-order valence-electron chi connectivity index (χ3n) is 2.09. The first kappa shape index (κ1) is 19.2. The molecule has 0 rings (SSSR count). The van der Waals surface area contributed by atoms with Crippen LogP contribution >= 0.6 is 0 Å². The Labute approximate surface area is 109 Å². The van der Waals surface area contributed by atoms with Crippen LogP contribution < -0.4 is 10.6 Å². The predicted octanol–water partition coefficient (Wildman–Crippen LogP) is 2.66. The third-order valence-corrected chi connectivity index (χ3v) is 2.09. The van der Waals surface area contributed by atoms with E-state index in [2.05, 4.69) is 31.4 Å². The summed E-state index contributed by atoms with van der Waals surface area (Å²) in [4.78, 5) is 0. The molecule has 0 fully saturated rings. The van der Waals surface area contributed by atoms with Crippen molar-refractivity contribution in [2.75, 3.05) is 39.4 Å². The van der Waals surface area contributed by atoms with Crippen LogP contribution in [0.2, 0.25) is 0 Å². The van der Waals surface area contributed by atoms with E-state index in [4.69, 9.17) is 4.74 Å². The number of hydrogen-bond donors (Lipinski definition) is 2. The number of nitrogens with one attached hydrogen (secondary N) is 2. The fourth-order valence-corrected chi connectivity index (χ4v) is 1.27. The molecule has 2 N–H and O–H groups in total. The second-order valence-electron chi connectivity index (χ2n) is 4.27. The van der Waals surface area contributed by atoms with Gasteiger partial charge in [0, 0.05) is 13.2 Å². The molecular formula is C14H34N2O. The van der Waals surface area contributed by atoms with Gasteiger partial charge in [-0.1, -0.05) is 34.6 Å². The zero-order valence-corrected chi connectivity index (χ0v) is 12.6. The molecule has 0 aromatic carbocycles. The molecule has 0 saturated carbocycles. The highest BCUT2D eigenvalue weighted by Crippen LogP contribution is 1.88. The summed E-state index contributed by atoms with van der Waals surface area (Å²) in [6, 6.07) is 0. The van der Waals surface area contributed by atoms with Gasteiger partial charge in [0.25, 0.3) is 0 Å². The minimum Gasteiger partial charge on any atom is -0.381 e. The Hall–Kier alpha value is -0.120. The summed E-state index contributed by atoms with van der Waals surface area (Å²) < 4.78 is 5.51. The minimum atomic E-state index is 0.742. The lowest BCUT2D eigenvalue weighted by atomic mass is 10.2. The van der Waals surface area contributed by atoms with Crippen LogP contribution in [0.3, 0.4) is 0 Å². The third kappa shape index (κ3) is 21.7. The van der Waals surface area contributed by atoms with Gasteiger partial charge >= 0.3 is 0 Å². The van der Waals surface area contributed by atoms with Gasteiger partial charge in [-0.2, -0.15) is 0 Å². The molecule has 0 bridgehead atoms. The zero-order valence-electron chi connectivity index (χ0n) is 12.6. The number of hydrogen-bond acceptors (Lipinski definition) is 3. The lowest BCUT2D eigenvalue weighted by Gasteiger charge is -2.07. The Bertz CT molecular complexity index is 119. The largest absolute Gasteiger partial charge is 0.381 e. The highest BCUT2D eigenvalue weighted by atomic mass is 16.5. The summed E-state index contributed by atoms with van der Waals surface area (Å²) in [7, 11) is 0. The molecule has 17 heavy (non-hydrogen) atoms. The Morgan fingerprint density at radius 3 is 1.94 bits per heavy atom. The van der Waals surface area contributed by atoms with Crippen LogP contribution in [0.1, 0.15) is 47.5 Å². The molecule has 0 saturated heterocycles. The van der Waals surface area contributed by atoms with Gasteiger partial charge in [0.15, 0.2) is 0 Å². The lowest BCUT2D eigenvalue weighted by molar-refractivity contribution is 0.129. The molecule has 0 aromatic rings. The van der Waals surface area contributed by atoms with E-state index >= 15 is 0 Å². The number of ether oxygens (including phenoxy) is 1. The van der Waals surface area contributed by atoms with Gasteiger partial charge in [-0.25, -0.2) is 0 Å². The van der Waals surface area contributed by atoms with Crippen molar-refractivity contribution < 1.29 is 4.74 Å². The van der Waals surface area contributed by atoms with Gasteiger partial charge in [0.05, 0.1) is 0 Å². The first-order chi connectivity index (χ1) is 8.27. The van der Waals surface area contributed by atoms with Crippen LogP contribution in [-0.2, 0) is 4.74 Å². The average Bonchev–Trinajstić information content (AvgIpc) is 2.34. The second-order valence-corrected chi connectivity index (χ2v) is 4.27. The fraction of sp³-hybridized carbons (Fsp3) is 1.00. The highest BCUT2D eigenvalue weighted by molar-refractivity contribution is 4.51. The van der Waals surface area contributed by atoms with Crippen molar-refractivity contribution in [1.29, 1.82) is 0 Å². The summed E-state index contributed by atoms with van der Waals surface area (Å²) in [6.45, 7) is 16.7. The Balaban J connectivity index is 0. The summed E-state index contributed by atoms with van der Waals surface area (Å²) in [6.07, 6.45) is 2.24. The van der Waals surface area contributed by atoms with E-state index in [9.17, 15) is 0 Å². The van der Waals surface area contributed by atoms with Crippen molar-refractivity contribution in [1.82, 2.24) is 10.6 Å². The topological polar surface area (TPSA) is 33.3 Å². The Kier molecular flexibility index (Phi) is 20.6. The standard InChI is InChI=1S/C12H28N2O.C2H6/c1-4-13-7-5-9-15-10-6-8-14-11-12(2)3;1-2/h12-14H,4-11H2,1-3H3;1-2H3. The van der Waals surface area contributed by atoms with Gasteiger partial charge in [0.1, 0.15) is 0 Å². The van der Waals surface area contributed by atoms with Gasteiger partial charge < -0.3 is 15.4 Å². The number of rotatable bonds is 11. The Morgan fingerprint density at radius 2 is 1.47 bits per heavy atom. The summed E-state index contributed by atoms with van der Waals surface area (Å²) in [5.74, 6) is 0.742. The monoisotopic (exact) mass is 246 g/mol. The highest BCUT2D eigenvalue weighted by Gasteiger charge is 1.93. The molecule has 0 aliphatic carbocycles. The zero-order chi connectivity index (χ0) is 13.4. The fourth-order valence-electron chi connectivity index (χ4n) is 1.27. The van der Waals surface area contributed by atoms with E-state index in [0.29, 0.717) is 0 Å². The van der Waals surface area contributed by atoms with Crippen LogP contribution in [0.15, 0.2) is 0 Å². The maximum Gasteiger partial charge on any atom is 0.0478 e. The van der Waals surface area contributed by atoms with Crippen LogP contribution in [-0.4, -0.2) is 39.4 Å². The molecule has 0 unspecified atom stereocenters. The molecule has 0 aromatic heterocycles. The van der Waals surface area contributed by atoms with E-state index < -0.39 is 0 Å². The molecule has 0 radical (unpaired) electrons. The van der Waals surface area contributed by atoms with E-state index in [-0.39, 0.29) is 0 Å². The molecule has 0 spiro atoms. The molecule has 106 valence electrons. The summed E-state index contributed by atoms with van der Waals surface area (Å²) in [5, 5.41) is 6.68. The van der Waals surface area contributed by atoms with Gasteiger partial charge in [-0.3, -0.25) is 0 Å². The minimum absolute atomic E-state index is 0.742. The molecule has 0 atom stereocenters. The Morgan fingerprint density at radius 1 is 0.941 bits per heavy atom. The van der Waals surface area contributed by atoms with E-state index in [1.54, 1.807) is 0 Å². The van der Waals surface area contributed by atoms with Crippen molar-refractivity contribution in [3.63, 3.8) is 0 Å².